The van der Waals surface area contributed by atoms with Crippen molar-refractivity contribution in [2.75, 3.05) is 0 Å². The van der Waals surface area contributed by atoms with Crippen LogP contribution in [0.15, 0.2) is 59.6 Å². The second-order valence-electron chi connectivity index (χ2n) is 5.68. The van der Waals surface area contributed by atoms with E-state index >= 15 is 0 Å². The Bertz CT molecular complexity index is 1080. The molecular formula is C18H16FN3O3S. The number of halogens is 1. The van der Waals surface area contributed by atoms with Gasteiger partial charge in [0, 0.05) is 5.69 Å². The molecule has 3 aromatic rings. The lowest BCUT2D eigenvalue weighted by Crippen LogP contribution is -2.32. The maximum Gasteiger partial charge on any atom is 0.283 e. The fourth-order valence-electron chi connectivity index (χ4n) is 2.56. The van der Waals surface area contributed by atoms with Crippen molar-refractivity contribution < 1.29 is 17.6 Å². The minimum Gasteiger partial charge on any atom is -0.292 e. The Balaban J connectivity index is 1.98. The number of aromatic nitrogens is 2. The van der Waals surface area contributed by atoms with Crippen molar-refractivity contribution in [2.24, 2.45) is 0 Å². The number of aryl methyl sites for hydroxylation is 2. The van der Waals surface area contributed by atoms with Gasteiger partial charge in [0.2, 0.25) is 0 Å². The van der Waals surface area contributed by atoms with Crippen LogP contribution < -0.4 is 4.72 Å². The maximum absolute atomic E-state index is 14.2. The molecule has 0 atom stereocenters. The number of sulfonamides is 1. The zero-order chi connectivity index (χ0) is 18.9. The Morgan fingerprint density at radius 1 is 1.08 bits per heavy atom. The molecule has 0 spiro atoms. The molecule has 0 saturated carbocycles. The van der Waals surface area contributed by atoms with Crippen LogP contribution in [0.5, 0.6) is 0 Å². The molecule has 134 valence electrons. The molecule has 0 saturated heterocycles. The van der Waals surface area contributed by atoms with Gasteiger partial charge >= 0.3 is 0 Å². The van der Waals surface area contributed by atoms with E-state index in [2.05, 4.69) is 4.98 Å². The van der Waals surface area contributed by atoms with Gasteiger partial charge in [0.05, 0.1) is 6.20 Å². The van der Waals surface area contributed by atoms with E-state index in [1.807, 2.05) is 10.8 Å². The first-order valence-electron chi connectivity index (χ1n) is 7.73. The predicted molar refractivity (Wildman–Crippen MR) is 94.1 cm³/mol. The van der Waals surface area contributed by atoms with Crippen LogP contribution in [0.4, 0.5) is 4.39 Å². The van der Waals surface area contributed by atoms with Crippen molar-refractivity contribution in [1.29, 1.82) is 0 Å². The lowest BCUT2D eigenvalue weighted by atomic mass is 10.2. The third-order valence-corrected chi connectivity index (χ3v) is 5.21. The zero-order valence-corrected chi connectivity index (χ0v) is 14.9. The molecule has 3 rings (SSSR count). The maximum atomic E-state index is 14.2. The second-order valence-corrected chi connectivity index (χ2v) is 7.33. The third kappa shape index (κ3) is 3.23. The number of nitrogens with zero attached hydrogens (tertiary/aromatic N) is 2. The highest BCUT2D eigenvalue weighted by Gasteiger charge is 2.25. The third-order valence-electron chi connectivity index (χ3n) is 3.86. The van der Waals surface area contributed by atoms with E-state index in [4.69, 9.17) is 0 Å². The number of imidazole rings is 1. The molecule has 0 aliphatic heterocycles. The average Bonchev–Trinajstić information content (AvgIpc) is 2.99. The number of carbonyl (C=O) groups is 1. The number of amides is 1. The summed E-state index contributed by atoms with van der Waals surface area (Å²) in [7, 11) is -4.37. The van der Waals surface area contributed by atoms with Crippen molar-refractivity contribution in [3.05, 3.63) is 77.6 Å². The fraction of sp³-hybridized carbons (Fsp3) is 0.111. The lowest BCUT2D eigenvalue weighted by molar-refractivity contribution is 0.0974. The Morgan fingerprint density at radius 3 is 2.46 bits per heavy atom. The standard InChI is InChI=1S/C18H16FN3O3S/c1-12-7-6-10-16(17(12)19)26(24,25)21-18(23)15-11-20-13(2)22(15)14-8-4-3-5-9-14/h3-11H,1-2H3,(H,21,23). The molecule has 2 aromatic carbocycles. The molecule has 0 aliphatic carbocycles. The van der Waals surface area contributed by atoms with E-state index in [9.17, 15) is 17.6 Å². The smallest absolute Gasteiger partial charge is 0.283 e. The average molecular weight is 373 g/mol. The van der Waals surface area contributed by atoms with Crippen molar-refractivity contribution in [1.82, 2.24) is 14.3 Å². The van der Waals surface area contributed by atoms with Gasteiger partial charge in [0.15, 0.2) is 0 Å². The van der Waals surface area contributed by atoms with Gasteiger partial charge in [-0.15, -0.1) is 0 Å². The summed E-state index contributed by atoms with van der Waals surface area (Å²) in [6.07, 6.45) is 1.28. The highest BCUT2D eigenvalue weighted by Crippen LogP contribution is 2.19. The normalized spacial score (nSPS) is 11.3. The number of nitrogens with one attached hydrogen (secondary N) is 1. The number of rotatable bonds is 4. The SMILES string of the molecule is Cc1cccc(S(=O)(=O)NC(=O)c2cnc(C)n2-c2ccccc2)c1F. The van der Waals surface area contributed by atoms with E-state index in [0.29, 0.717) is 11.5 Å². The fourth-order valence-corrected chi connectivity index (χ4v) is 3.68. The monoisotopic (exact) mass is 373 g/mol. The summed E-state index contributed by atoms with van der Waals surface area (Å²) in [6, 6.07) is 12.9. The Kier molecular flexibility index (Phi) is 4.60. The summed E-state index contributed by atoms with van der Waals surface area (Å²) in [6.45, 7) is 3.14. The van der Waals surface area contributed by atoms with E-state index in [1.165, 1.54) is 29.8 Å². The predicted octanol–water partition coefficient (Wildman–Crippen LogP) is 2.75. The van der Waals surface area contributed by atoms with Gasteiger partial charge in [-0.3, -0.25) is 9.36 Å². The Hall–Kier alpha value is -3.00. The number of carbonyl (C=O) groups excluding carboxylic acids is 1. The first kappa shape index (κ1) is 17.8. The van der Waals surface area contributed by atoms with Gasteiger partial charge in [-0.2, -0.15) is 0 Å². The van der Waals surface area contributed by atoms with Gasteiger partial charge in [-0.25, -0.2) is 22.5 Å². The molecule has 0 radical (unpaired) electrons. The minimum atomic E-state index is -4.37. The minimum absolute atomic E-state index is 0.0327. The van der Waals surface area contributed by atoms with Crippen molar-refractivity contribution >= 4 is 15.9 Å². The Labute approximate surface area is 150 Å². The molecule has 1 aromatic heterocycles. The zero-order valence-electron chi connectivity index (χ0n) is 14.1. The molecule has 6 nitrogen and oxygen atoms in total. The van der Waals surface area contributed by atoms with Crippen LogP contribution in [-0.4, -0.2) is 23.9 Å². The summed E-state index contributed by atoms with van der Waals surface area (Å²) in [5.41, 5.74) is 0.864. The van der Waals surface area contributed by atoms with Crippen LogP contribution in [0.3, 0.4) is 0 Å². The van der Waals surface area contributed by atoms with E-state index in [1.54, 1.807) is 31.2 Å². The summed E-state index contributed by atoms with van der Waals surface area (Å²) in [5.74, 6) is -1.27. The van der Waals surface area contributed by atoms with Crippen LogP contribution in [0.25, 0.3) is 5.69 Å². The first-order valence-corrected chi connectivity index (χ1v) is 9.21. The van der Waals surface area contributed by atoms with E-state index in [-0.39, 0.29) is 11.3 Å². The van der Waals surface area contributed by atoms with Gasteiger partial charge in [-0.1, -0.05) is 30.3 Å². The van der Waals surface area contributed by atoms with Crippen molar-refractivity contribution in [2.45, 2.75) is 18.7 Å². The number of para-hydroxylation sites is 1. The van der Waals surface area contributed by atoms with Crippen LogP contribution in [0, 0.1) is 19.7 Å². The van der Waals surface area contributed by atoms with Crippen molar-refractivity contribution in [3.63, 3.8) is 0 Å². The number of hydrogen-bond donors (Lipinski definition) is 1. The quantitative estimate of drug-likeness (QED) is 0.762. The van der Waals surface area contributed by atoms with Crippen LogP contribution >= 0.6 is 0 Å². The molecule has 26 heavy (non-hydrogen) atoms. The second kappa shape index (κ2) is 6.72. The lowest BCUT2D eigenvalue weighted by Gasteiger charge is -2.12. The van der Waals surface area contributed by atoms with Crippen LogP contribution in [-0.2, 0) is 10.0 Å². The number of hydrogen-bond acceptors (Lipinski definition) is 4. The summed E-state index contributed by atoms with van der Waals surface area (Å²) in [4.78, 5) is 16.1. The number of benzene rings is 2. The molecule has 1 amide bonds. The largest absolute Gasteiger partial charge is 0.292 e. The molecule has 0 fully saturated rings. The molecule has 1 N–H and O–H groups in total. The summed E-state index contributed by atoms with van der Waals surface area (Å²) < 4.78 is 42.5. The van der Waals surface area contributed by atoms with Gasteiger partial charge in [0.25, 0.3) is 15.9 Å². The van der Waals surface area contributed by atoms with E-state index < -0.39 is 26.6 Å². The highest BCUT2D eigenvalue weighted by atomic mass is 32.2. The molecule has 1 heterocycles. The molecular weight excluding hydrogens is 357 g/mol. The molecule has 0 bridgehead atoms. The van der Waals surface area contributed by atoms with Crippen LogP contribution in [0.1, 0.15) is 21.9 Å². The summed E-state index contributed by atoms with van der Waals surface area (Å²) >= 11 is 0. The highest BCUT2D eigenvalue weighted by molar-refractivity contribution is 7.90. The molecule has 0 unspecified atom stereocenters. The first-order chi connectivity index (χ1) is 12.3. The summed E-state index contributed by atoms with van der Waals surface area (Å²) in [5, 5.41) is 0. The van der Waals surface area contributed by atoms with Gasteiger partial charge in [-0.05, 0) is 37.6 Å². The van der Waals surface area contributed by atoms with Crippen LogP contribution in [0.2, 0.25) is 0 Å². The Morgan fingerprint density at radius 2 is 1.77 bits per heavy atom. The van der Waals surface area contributed by atoms with Gasteiger partial charge < -0.3 is 0 Å². The van der Waals surface area contributed by atoms with Crippen molar-refractivity contribution in [3.8, 4) is 5.69 Å². The van der Waals surface area contributed by atoms with E-state index in [0.717, 1.165) is 6.07 Å². The molecule has 8 heteroatoms. The topological polar surface area (TPSA) is 81.1 Å². The van der Waals surface area contributed by atoms with Gasteiger partial charge in [0.1, 0.15) is 22.2 Å². The molecule has 0 aliphatic rings.